The van der Waals surface area contributed by atoms with Gasteiger partial charge in [-0.1, -0.05) is 13.8 Å². The molecule has 6 nitrogen and oxygen atoms in total. The number of carbonyl (C=O) groups is 1. The van der Waals surface area contributed by atoms with E-state index in [2.05, 4.69) is 24.1 Å². The monoisotopic (exact) mass is 350 g/mol. The van der Waals surface area contributed by atoms with Crippen LogP contribution in [-0.4, -0.2) is 63.4 Å². The van der Waals surface area contributed by atoms with E-state index in [1.54, 1.807) is 19.2 Å². The molecule has 1 aliphatic heterocycles. The van der Waals surface area contributed by atoms with Crippen LogP contribution in [0.2, 0.25) is 0 Å². The number of ether oxygens (including phenoxy) is 3. The largest absolute Gasteiger partial charge is 0.497 e. The molecule has 0 radical (unpaired) electrons. The van der Waals surface area contributed by atoms with E-state index in [0.29, 0.717) is 24.3 Å². The van der Waals surface area contributed by atoms with E-state index in [0.717, 1.165) is 38.5 Å². The zero-order valence-electron chi connectivity index (χ0n) is 15.5. The number of rotatable bonds is 9. The molecule has 1 aromatic carbocycles. The first-order valence-electron chi connectivity index (χ1n) is 8.94. The fourth-order valence-electron chi connectivity index (χ4n) is 2.95. The summed E-state index contributed by atoms with van der Waals surface area (Å²) in [6, 6.07) is 7.55. The molecule has 1 unspecified atom stereocenters. The Bertz CT molecular complexity index is 513. The molecule has 1 aliphatic rings. The van der Waals surface area contributed by atoms with Crippen molar-refractivity contribution in [2.24, 2.45) is 5.92 Å². The smallest absolute Gasteiger partial charge is 0.257 e. The van der Waals surface area contributed by atoms with Crippen LogP contribution in [0.4, 0.5) is 0 Å². The Kier molecular flexibility index (Phi) is 8.01. The van der Waals surface area contributed by atoms with Crippen molar-refractivity contribution in [1.82, 2.24) is 10.2 Å². The number of methoxy groups -OCH3 is 1. The number of nitrogens with one attached hydrogen (secondary N) is 1. The number of morpholine rings is 1. The van der Waals surface area contributed by atoms with Gasteiger partial charge < -0.3 is 19.5 Å². The minimum Gasteiger partial charge on any atom is -0.497 e. The zero-order chi connectivity index (χ0) is 18.1. The quantitative estimate of drug-likeness (QED) is 0.737. The van der Waals surface area contributed by atoms with Crippen molar-refractivity contribution >= 4 is 5.91 Å². The Labute approximate surface area is 150 Å². The van der Waals surface area contributed by atoms with Crippen LogP contribution in [-0.2, 0) is 9.53 Å². The third kappa shape index (κ3) is 6.92. The Morgan fingerprint density at radius 1 is 1.20 bits per heavy atom. The van der Waals surface area contributed by atoms with Gasteiger partial charge in [-0.15, -0.1) is 0 Å². The number of nitrogens with zero attached hydrogens (tertiary/aromatic N) is 1. The zero-order valence-corrected chi connectivity index (χ0v) is 15.5. The van der Waals surface area contributed by atoms with Crippen molar-refractivity contribution in [3.05, 3.63) is 24.3 Å². The minimum absolute atomic E-state index is 0.0177. The molecule has 1 N–H and O–H groups in total. The van der Waals surface area contributed by atoms with Gasteiger partial charge in [0.25, 0.3) is 5.91 Å². The normalized spacial score (nSPS) is 16.5. The van der Waals surface area contributed by atoms with Crippen molar-refractivity contribution in [1.29, 1.82) is 0 Å². The van der Waals surface area contributed by atoms with Gasteiger partial charge in [0.15, 0.2) is 6.61 Å². The van der Waals surface area contributed by atoms with E-state index < -0.39 is 0 Å². The van der Waals surface area contributed by atoms with Crippen LogP contribution < -0.4 is 14.8 Å². The maximum atomic E-state index is 12.1. The van der Waals surface area contributed by atoms with Crippen LogP contribution in [0.5, 0.6) is 11.5 Å². The van der Waals surface area contributed by atoms with Crippen molar-refractivity contribution < 1.29 is 19.0 Å². The fourth-order valence-corrected chi connectivity index (χ4v) is 2.95. The van der Waals surface area contributed by atoms with Gasteiger partial charge in [-0.25, -0.2) is 0 Å². The molecule has 1 atom stereocenters. The molecule has 0 aliphatic carbocycles. The molecule has 0 spiro atoms. The Hall–Kier alpha value is -1.79. The molecule has 140 valence electrons. The van der Waals surface area contributed by atoms with Gasteiger partial charge in [0, 0.05) is 25.7 Å². The minimum atomic E-state index is -0.0992. The lowest BCUT2D eigenvalue weighted by Gasteiger charge is -2.35. The van der Waals surface area contributed by atoms with Crippen molar-refractivity contribution in [3.8, 4) is 11.5 Å². The van der Waals surface area contributed by atoms with E-state index in [9.17, 15) is 4.79 Å². The van der Waals surface area contributed by atoms with E-state index in [1.165, 1.54) is 0 Å². The van der Waals surface area contributed by atoms with E-state index >= 15 is 0 Å². The summed E-state index contributed by atoms with van der Waals surface area (Å²) in [6.45, 7) is 8.47. The summed E-state index contributed by atoms with van der Waals surface area (Å²) in [5, 5.41) is 3.01. The summed E-state index contributed by atoms with van der Waals surface area (Å²) in [5.41, 5.74) is 0. The predicted molar refractivity (Wildman–Crippen MR) is 97.1 cm³/mol. The van der Waals surface area contributed by atoms with E-state index in [-0.39, 0.29) is 12.5 Å². The SMILES string of the molecule is COc1ccc(OCC(=O)NCC(CC(C)C)N2CCOCC2)cc1. The summed E-state index contributed by atoms with van der Waals surface area (Å²) >= 11 is 0. The van der Waals surface area contributed by atoms with Gasteiger partial charge in [-0.3, -0.25) is 9.69 Å². The number of hydrogen-bond acceptors (Lipinski definition) is 5. The van der Waals surface area contributed by atoms with Crippen LogP contribution in [0.3, 0.4) is 0 Å². The summed E-state index contributed by atoms with van der Waals surface area (Å²) in [4.78, 5) is 14.5. The predicted octanol–water partition coefficient (Wildman–Crippen LogP) is 1.94. The first-order chi connectivity index (χ1) is 12.1. The Morgan fingerprint density at radius 3 is 2.44 bits per heavy atom. The van der Waals surface area contributed by atoms with Crippen LogP contribution in [0.15, 0.2) is 24.3 Å². The molecule has 0 aromatic heterocycles. The second-order valence-electron chi connectivity index (χ2n) is 6.70. The molecule has 1 fully saturated rings. The average molecular weight is 350 g/mol. The van der Waals surface area contributed by atoms with Crippen LogP contribution in [0.1, 0.15) is 20.3 Å². The Morgan fingerprint density at radius 2 is 1.84 bits per heavy atom. The molecule has 0 saturated carbocycles. The molecule has 1 heterocycles. The fraction of sp³-hybridized carbons (Fsp3) is 0.632. The number of amides is 1. The van der Waals surface area contributed by atoms with Gasteiger partial charge >= 0.3 is 0 Å². The molecule has 1 saturated heterocycles. The molecular formula is C19H30N2O4. The summed E-state index contributed by atoms with van der Waals surface area (Å²) < 4.78 is 16.1. The molecule has 1 amide bonds. The number of benzene rings is 1. The third-order valence-electron chi connectivity index (χ3n) is 4.27. The highest BCUT2D eigenvalue weighted by molar-refractivity contribution is 5.77. The van der Waals surface area contributed by atoms with E-state index in [4.69, 9.17) is 14.2 Å². The first kappa shape index (κ1) is 19.5. The first-order valence-corrected chi connectivity index (χ1v) is 8.94. The highest BCUT2D eigenvalue weighted by atomic mass is 16.5. The molecule has 1 aromatic rings. The highest BCUT2D eigenvalue weighted by Crippen LogP contribution is 2.17. The van der Waals surface area contributed by atoms with Crippen LogP contribution in [0.25, 0.3) is 0 Å². The summed E-state index contributed by atoms with van der Waals surface area (Å²) in [7, 11) is 1.62. The van der Waals surface area contributed by atoms with Crippen LogP contribution in [0, 0.1) is 5.92 Å². The Balaban J connectivity index is 1.76. The number of hydrogen-bond donors (Lipinski definition) is 1. The topological polar surface area (TPSA) is 60.0 Å². The lowest BCUT2D eigenvalue weighted by atomic mass is 10.0. The molecule has 0 bridgehead atoms. The van der Waals surface area contributed by atoms with E-state index in [1.807, 2.05) is 12.1 Å². The third-order valence-corrected chi connectivity index (χ3v) is 4.27. The second-order valence-corrected chi connectivity index (χ2v) is 6.70. The summed E-state index contributed by atoms with van der Waals surface area (Å²) in [5.74, 6) is 1.90. The lowest BCUT2D eigenvalue weighted by molar-refractivity contribution is -0.123. The average Bonchev–Trinajstić information content (AvgIpc) is 2.64. The van der Waals surface area contributed by atoms with Crippen LogP contribution >= 0.6 is 0 Å². The molecular weight excluding hydrogens is 320 g/mol. The maximum Gasteiger partial charge on any atom is 0.257 e. The lowest BCUT2D eigenvalue weighted by Crippen LogP contribution is -2.49. The molecule has 2 rings (SSSR count). The standard InChI is InChI=1S/C19H30N2O4/c1-15(2)12-16(21-8-10-24-11-9-21)13-20-19(22)14-25-18-6-4-17(23-3)5-7-18/h4-7,15-16H,8-14H2,1-3H3,(H,20,22). The van der Waals surface area contributed by atoms with Crippen molar-refractivity contribution in [2.45, 2.75) is 26.3 Å². The maximum absolute atomic E-state index is 12.1. The van der Waals surface area contributed by atoms with Gasteiger partial charge in [-0.2, -0.15) is 0 Å². The van der Waals surface area contributed by atoms with Gasteiger partial charge in [0.05, 0.1) is 20.3 Å². The second kappa shape index (κ2) is 10.3. The van der Waals surface area contributed by atoms with Crippen molar-refractivity contribution in [3.63, 3.8) is 0 Å². The van der Waals surface area contributed by atoms with Gasteiger partial charge in [0.2, 0.25) is 0 Å². The molecule has 25 heavy (non-hydrogen) atoms. The number of carbonyl (C=O) groups excluding carboxylic acids is 1. The highest BCUT2D eigenvalue weighted by Gasteiger charge is 2.22. The summed E-state index contributed by atoms with van der Waals surface area (Å²) in [6.07, 6.45) is 1.06. The van der Waals surface area contributed by atoms with Crippen molar-refractivity contribution in [2.75, 3.05) is 46.6 Å². The van der Waals surface area contributed by atoms with Gasteiger partial charge in [0.1, 0.15) is 11.5 Å². The molecule has 6 heteroatoms. The van der Waals surface area contributed by atoms with Gasteiger partial charge in [-0.05, 0) is 36.6 Å².